The van der Waals surface area contributed by atoms with E-state index in [1.54, 1.807) is 30.3 Å². The maximum atomic E-state index is 12.4. The van der Waals surface area contributed by atoms with Gasteiger partial charge in [-0.15, -0.1) is 0 Å². The third-order valence-corrected chi connectivity index (χ3v) is 5.68. The maximum Gasteiger partial charge on any atom is 0.243 e. The summed E-state index contributed by atoms with van der Waals surface area (Å²) in [6.07, 6.45) is 1.70. The molecule has 7 nitrogen and oxygen atoms in total. The van der Waals surface area contributed by atoms with Crippen molar-refractivity contribution in [3.63, 3.8) is 0 Å². The molecule has 3 N–H and O–H groups in total. The number of carbonyl (C=O) groups is 1. The van der Waals surface area contributed by atoms with Crippen LogP contribution in [0.5, 0.6) is 5.75 Å². The van der Waals surface area contributed by atoms with Crippen molar-refractivity contribution in [1.82, 2.24) is 4.72 Å². The lowest BCUT2D eigenvalue weighted by molar-refractivity contribution is -0.114. The number of ether oxygens (including phenoxy) is 1. The van der Waals surface area contributed by atoms with Gasteiger partial charge in [-0.25, -0.2) is 13.1 Å². The van der Waals surface area contributed by atoms with E-state index in [0.717, 1.165) is 12.8 Å². The number of amides is 1. The second-order valence-electron chi connectivity index (χ2n) is 6.17. The van der Waals surface area contributed by atoms with E-state index in [-0.39, 0.29) is 23.4 Å². The molecule has 0 aliphatic heterocycles. The Kier molecular flexibility index (Phi) is 5.88. The minimum atomic E-state index is -3.60. The molecule has 9 heteroatoms. The number of anilines is 2. The number of carbonyl (C=O) groups excluding carboxylic acids is 1. The molecule has 27 heavy (non-hydrogen) atoms. The van der Waals surface area contributed by atoms with Crippen molar-refractivity contribution in [2.45, 2.75) is 23.8 Å². The Balaban J connectivity index is 1.69. The smallest absolute Gasteiger partial charge is 0.243 e. The standard InChI is InChI=1S/C18H20ClN3O4S/c1-26-17-8-7-15(27(24,25)22-13-5-6-13)10-16(17)20-11-18(23)21-14-4-2-3-12(19)9-14/h2-4,7-10,13,20,22H,5-6,11H2,1H3,(H,21,23). The van der Waals surface area contributed by atoms with E-state index < -0.39 is 10.0 Å². The quantitative estimate of drug-likeness (QED) is 0.623. The van der Waals surface area contributed by atoms with Gasteiger partial charge in [-0.2, -0.15) is 0 Å². The summed E-state index contributed by atoms with van der Waals surface area (Å²) in [7, 11) is -2.12. The number of rotatable bonds is 8. The molecule has 2 aromatic rings. The molecule has 0 bridgehead atoms. The van der Waals surface area contributed by atoms with Gasteiger partial charge in [0, 0.05) is 16.8 Å². The third kappa shape index (κ3) is 5.35. The minimum Gasteiger partial charge on any atom is -0.495 e. The number of hydrogen-bond donors (Lipinski definition) is 3. The Morgan fingerprint density at radius 3 is 2.67 bits per heavy atom. The lowest BCUT2D eigenvalue weighted by Crippen LogP contribution is -2.26. The summed E-state index contributed by atoms with van der Waals surface area (Å²) in [6.45, 7) is -0.0670. The number of halogens is 1. The van der Waals surface area contributed by atoms with Crippen molar-refractivity contribution in [3.8, 4) is 5.75 Å². The van der Waals surface area contributed by atoms with Gasteiger partial charge in [-0.05, 0) is 49.2 Å². The van der Waals surface area contributed by atoms with E-state index in [0.29, 0.717) is 22.1 Å². The number of benzene rings is 2. The first-order valence-electron chi connectivity index (χ1n) is 8.37. The molecule has 0 radical (unpaired) electrons. The fourth-order valence-corrected chi connectivity index (χ4v) is 3.95. The van der Waals surface area contributed by atoms with Gasteiger partial charge in [-0.1, -0.05) is 17.7 Å². The predicted octanol–water partition coefficient (Wildman–Crippen LogP) is 2.84. The van der Waals surface area contributed by atoms with Crippen LogP contribution in [0.4, 0.5) is 11.4 Å². The normalized spacial score (nSPS) is 13.9. The molecular weight excluding hydrogens is 390 g/mol. The molecular formula is C18H20ClN3O4S. The van der Waals surface area contributed by atoms with Gasteiger partial charge in [0.2, 0.25) is 15.9 Å². The summed E-state index contributed by atoms with van der Waals surface area (Å²) in [4.78, 5) is 12.3. The molecule has 0 spiro atoms. The zero-order valence-corrected chi connectivity index (χ0v) is 16.2. The summed E-state index contributed by atoms with van der Waals surface area (Å²) in [5.41, 5.74) is 0.989. The molecule has 0 heterocycles. The summed E-state index contributed by atoms with van der Waals surface area (Å²) in [5.74, 6) is 0.139. The van der Waals surface area contributed by atoms with Crippen LogP contribution in [0.2, 0.25) is 5.02 Å². The lowest BCUT2D eigenvalue weighted by Gasteiger charge is -2.14. The van der Waals surface area contributed by atoms with E-state index in [4.69, 9.17) is 16.3 Å². The first kappa shape index (κ1) is 19.5. The molecule has 144 valence electrons. The minimum absolute atomic E-state index is 0.0111. The maximum absolute atomic E-state index is 12.4. The zero-order valence-electron chi connectivity index (χ0n) is 14.7. The van der Waals surface area contributed by atoms with E-state index in [1.165, 1.54) is 19.2 Å². The molecule has 1 saturated carbocycles. The van der Waals surface area contributed by atoms with Gasteiger partial charge in [0.1, 0.15) is 5.75 Å². The highest BCUT2D eigenvalue weighted by atomic mass is 35.5. The van der Waals surface area contributed by atoms with Crippen LogP contribution in [0.25, 0.3) is 0 Å². The summed E-state index contributed by atoms with van der Waals surface area (Å²) in [5, 5.41) is 6.15. The fourth-order valence-electron chi connectivity index (χ4n) is 2.43. The molecule has 0 saturated heterocycles. The Labute approximate surface area is 163 Å². The van der Waals surface area contributed by atoms with Crippen LogP contribution < -0.4 is 20.1 Å². The largest absolute Gasteiger partial charge is 0.495 e. The highest BCUT2D eigenvalue weighted by Crippen LogP contribution is 2.29. The molecule has 3 rings (SSSR count). The monoisotopic (exact) mass is 409 g/mol. The second kappa shape index (κ2) is 8.16. The average molecular weight is 410 g/mol. The number of sulfonamides is 1. The van der Waals surface area contributed by atoms with Crippen LogP contribution in [0, 0.1) is 0 Å². The first-order chi connectivity index (χ1) is 12.9. The number of methoxy groups -OCH3 is 1. The van der Waals surface area contributed by atoms with Crippen molar-refractivity contribution in [1.29, 1.82) is 0 Å². The van der Waals surface area contributed by atoms with Crippen molar-refractivity contribution in [2.75, 3.05) is 24.3 Å². The lowest BCUT2D eigenvalue weighted by atomic mass is 10.3. The van der Waals surface area contributed by atoms with Crippen LogP contribution in [0.1, 0.15) is 12.8 Å². The van der Waals surface area contributed by atoms with Crippen LogP contribution in [-0.4, -0.2) is 34.0 Å². The summed E-state index contributed by atoms with van der Waals surface area (Å²) < 4.78 is 32.6. The van der Waals surface area contributed by atoms with Gasteiger partial charge < -0.3 is 15.4 Å². The van der Waals surface area contributed by atoms with E-state index in [9.17, 15) is 13.2 Å². The fraction of sp³-hybridized carbons (Fsp3) is 0.278. The predicted molar refractivity (Wildman–Crippen MR) is 105 cm³/mol. The summed E-state index contributed by atoms with van der Waals surface area (Å²) >= 11 is 5.90. The van der Waals surface area contributed by atoms with Crippen LogP contribution in [0.15, 0.2) is 47.4 Å². The number of nitrogens with one attached hydrogen (secondary N) is 3. The van der Waals surface area contributed by atoms with E-state index >= 15 is 0 Å². The summed E-state index contributed by atoms with van der Waals surface area (Å²) in [6, 6.07) is 11.3. The molecule has 1 aliphatic rings. The van der Waals surface area contributed by atoms with Gasteiger partial charge in [0.05, 0.1) is 24.2 Å². The molecule has 1 amide bonds. The third-order valence-electron chi connectivity index (χ3n) is 3.93. The highest BCUT2D eigenvalue weighted by molar-refractivity contribution is 7.89. The second-order valence-corrected chi connectivity index (χ2v) is 8.32. The van der Waals surface area contributed by atoms with Crippen LogP contribution in [0.3, 0.4) is 0 Å². The van der Waals surface area contributed by atoms with E-state index in [2.05, 4.69) is 15.4 Å². The molecule has 2 aromatic carbocycles. The highest BCUT2D eigenvalue weighted by Gasteiger charge is 2.28. The van der Waals surface area contributed by atoms with Crippen LogP contribution >= 0.6 is 11.6 Å². The Hall–Kier alpha value is -2.29. The zero-order chi connectivity index (χ0) is 19.4. The van der Waals surface area contributed by atoms with Crippen LogP contribution in [-0.2, 0) is 14.8 Å². The van der Waals surface area contributed by atoms with Gasteiger partial charge >= 0.3 is 0 Å². The first-order valence-corrected chi connectivity index (χ1v) is 10.2. The van der Waals surface area contributed by atoms with Gasteiger partial charge in [0.25, 0.3) is 0 Å². The van der Waals surface area contributed by atoms with Crippen molar-refractivity contribution < 1.29 is 17.9 Å². The molecule has 0 atom stereocenters. The molecule has 0 unspecified atom stereocenters. The Morgan fingerprint density at radius 2 is 2.00 bits per heavy atom. The Bertz CT molecular complexity index is 945. The average Bonchev–Trinajstić information content (AvgIpc) is 3.43. The topological polar surface area (TPSA) is 96.5 Å². The van der Waals surface area contributed by atoms with Crippen molar-refractivity contribution in [2.24, 2.45) is 0 Å². The molecule has 1 fully saturated rings. The van der Waals surface area contributed by atoms with Crippen molar-refractivity contribution >= 4 is 38.9 Å². The Morgan fingerprint density at radius 1 is 1.22 bits per heavy atom. The molecule has 0 aromatic heterocycles. The molecule has 1 aliphatic carbocycles. The van der Waals surface area contributed by atoms with Crippen molar-refractivity contribution in [3.05, 3.63) is 47.5 Å². The SMILES string of the molecule is COc1ccc(S(=O)(=O)NC2CC2)cc1NCC(=O)Nc1cccc(Cl)c1. The van der Waals surface area contributed by atoms with Gasteiger partial charge in [0.15, 0.2) is 0 Å². The van der Waals surface area contributed by atoms with E-state index in [1.807, 2.05) is 0 Å². The van der Waals surface area contributed by atoms with Gasteiger partial charge in [-0.3, -0.25) is 4.79 Å². The number of hydrogen-bond acceptors (Lipinski definition) is 5.